The maximum atomic E-state index is 13.6. The van der Waals surface area contributed by atoms with Crippen LogP contribution in [0.5, 0.6) is 0 Å². The summed E-state index contributed by atoms with van der Waals surface area (Å²) in [6.45, 7) is 1.60. The molecule has 1 aliphatic carbocycles. The molecule has 2 amide bonds. The van der Waals surface area contributed by atoms with Crippen molar-refractivity contribution in [1.82, 2.24) is 10.6 Å². The molecule has 1 atom stereocenters. The minimum absolute atomic E-state index is 0.0310. The van der Waals surface area contributed by atoms with E-state index in [4.69, 9.17) is 16.7 Å². The van der Waals surface area contributed by atoms with E-state index in [1.54, 1.807) is 6.92 Å². The number of halogens is 5. The van der Waals surface area contributed by atoms with E-state index in [-0.39, 0.29) is 29.5 Å². The largest absolute Gasteiger partial charge is 0.478 e. The smallest absolute Gasteiger partial charge is 0.416 e. The number of aromatic carboxylic acids is 1. The Hall–Kier alpha value is -3.14. The van der Waals surface area contributed by atoms with Gasteiger partial charge >= 0.3 is 12.1 Å². The predicted molar refractivity (Wildman–Crippen MR) is 106 cm³/mol. The lowest BCUT2D eigenvalue weighted by molar-refractivity contribution is -0.137. The third kappa shape index (κ3) is 5.01. The fourth-order valence-electron chi connectivity index (χ4n) is 3.13. The quantitative estimate of drug-likeness (QED) is 0.545. The number of carbonyl (C=O) groups excluding carboxylic acids is 2. The van der Waals surface area contributed by atoms with Crippen molar-refractivity contribution in [1.29, 1.82) is 0 Å². The topological polar surface area (TPSA) is 95.5 Å². The molecule has 2 aromatic rings. The molecular formula is C21H17ClF4N2O4. The number of hydrogen-bond donors (Lipinski definition) is 3. The Morgan fingerprint density at radius 3 is 2.28 bits per heavy atom. The highest BCUT2D eigenvalue weighted by atomic mass is 35.5. The van der Waals surface area contributed by atoms with Gasteiger partial charge in [0.25, 0.3) is 5.91 Å². The van der Waals surface area contributed by atoms with Crippen LogP contribution in [-0.2, 0) is 11.0 Å². The van der Waals surface area contributed by atoms with Crippen LogP contribution in [0, 0.1) is 5.82 Å². The van der Waals surface area contributed by atoms with E-state index in [2.05, 4.69) is 10.6 Å². The first-order valence-electron chi connectivity index (χ1n) is 9.36. The van der Waals surface area contributed by atoms with Gasteiger partial charge in [-0.05, 0) is 55.7 Å². The van der Waals surface area contributed by atoms with Crippen molar-refractivity contribution >= 4 is 29.4 Å². The average molecular weight is 473 g/mol. The van der Waals surface area contributed by atoms with Crippen LogP contribution in [0.3, 0.4) is 0 Å². The molecule has 32 heavy (non-hydrogen) atoms. The maximum Gasteiger partial charge on any atom is 0.416 e. The second-order valence-electron chi connectivity index (χ2n) is 7.50. The Bertz CT molecular complexity index is 1100. The number of carboxylic acid groups (broad SMARTS) is 1. The first-order chi connectivity index (χ1) is 14.8. The van der Waals surface area contributed by atoms with Gasteiger partial charge in [0.15, 0.2) is 0 Å². The standard InChI is InChI=1S/C21H17ClF4N2O4/c1-10(15-3-2-11(18(30)31)8-16(15)22)27-19(32)20(4-5-20)28-17(29)12-6-13(21(24,25)26)9-14(23)7-12/h2-3,6-10H,4-5H2,1H3,(H,27,32)(H,28,29)(H,30,31)/t10-/m1/s1. The minimum atomic E-state index is -4.84. The molecular weight excluding hydrogens is 456 g/mol. The van der Waals surface area contributed by atoms with E-state index < -0.39 is 52.5 Å². The lowest BCUT2D eigenvalue weighted by atomic mass is 10.0. The SMILES string of the molecule is C[C@@H](NC(=O)C1(NC(=O)c2cc(F)cc(C(F)(F)F)c2)CC1)c1ccc(C(=O)O)cc1Cl. The van der Waals surface area contributed by atoms with Crippen molar-refractivity contribution in [3.05, 3.63) is 69.5 Å². The van der Waals surface area contributed by atoms with Gasteiger partial charge in [-0.3, -0.25) is 9.59 Å². The summed E-state index contributed by atoms with van der Waals surface area (Å²) in [7, 11) is 0. The Balaban J connectivity index is 1.73. The van der Waals surface area contributed by atoms with Crippen molar-refractivity contribution in [2.24, 2.45) is 0 Å². The van der Waals surface area contributed by atoms with Gasteiger partial charge in [-0.2, -0.15) is 13.2 Å². The van der Waals surface area contributed by atoms with Gasteiger partial charge in [0.05, 0.1) is 17.2 Å². The molecule has 3 N–H and O–H groups in total. The van der Waals surface area contributed by atoms with Crippen LogP contribution >= 0.6 is 11.6 Å². The highest BCUT2D eigenvalue weighted by Gasteiger charge is 2.51. The van der Waals surface area contributed by atoms with Crippen molar-refractivity contribution in [2.75, 3.05) is 0 Å². The van der Waals surface area contributed by atoms with Crippen LogP contribution in [0.4, 0.5) is 17.6 Å². The number of alkyl halides is 3. The Kier molecular flexibility index (Phi) is 6.19. The van der Waals surface area contributed by atoms with Crippen molar-refractivity contribution in [2.45, 2.75) is 37.5 Å². The summed E-state index contributed by atoms with van der Waals surface area (Å²) in [5.41, 5.74) is -2.81. The van der Waals surface area contributed by atoms with Gasteiger partial charge in [-0.25, -0.2) is 9.18 Å². The van der Waals surface area contributed by atoms with E-state index in [9.17, 15) is 31.9 Å². The van der Waals surface area contributed by atoms with Crippen molar-refractivity contribution in [3.8, 4) is 0 Å². The van der Waals surface area contributed by atoms with E-state index in [0.29, 0.717) is 17.7 Å². The summed E-state index contributed by atoms with van der Waals surface area (Å²) >= 11 is 6.10. The molecule has 0 spiro atoms. The van der Waals surface area contributed by atoms with Crippen LogP contribution in [-0.4, -0.2) is 28.4 Å². The molecule has 0 aliphatic heterocycles. The van der Waals surface area contributed by atoms with Crippen molar-refractivity contribution < 1.29 is 37.1 Å². The zero-order chi connectivity index (χ0) is 23.8. The highest BCUT2D eigenvalue weighted by molar-refractivity contribution is 6.31. The second kappa shape index (κ2) is 8.42. The Labute approximate surface area is 184 Å². The monoisotopic (exact) mass is 472 g/mol. The fourth-order valence-corrected chi connectivity index (χ4v) is 3.48. The number of carboxylic acids is 1. The molecule has 0 radical (unpaired) electrons. The molecule has 1 fully saturated rings. The predicted octanol–water partition coefficient (Wildman–Crippen LogP) is 4.34. The van der Waals surface area contributed by atoms with Crippen LogP contribution in [0.1, 0.15) is 57.7 Å². The molecule has 0 saturated heterocycles. The first kappa shape index (κ1) is 23.5. The van der Waals surface area contributed by atoms with Gasteiger partial charge in [-0.15, -0.1) is 0 Å². The lowest BCUT2D eigenvalue weighted by Crippen LogP contribution is -2.49. The summed E-state index contributed by atoms with van der Waals surface area (Å²) < 4.78 is 52.3. The number of rotatable bonds is 6. The van der Waals surface area contributed by atoms with Gasteiger partial charge in [0, 0.05) is 10.6 Å². The van der Waals surface area contributed by atoms with Crippen LogP contribution in [0.25, 0.3) is 0 Å². The number of amides is 2. The zero-order valence-corrected chi connectivity index (χ0v) is 17.3. The highest BCUT2D eigenvalue weighted by Crippen LogP contribution is 2.37. The van der Waals surface area contributed by atoms with E-state index in [1.165, 1.54) is 18.2 Å². The van der Waals surface area contributed by atoms with Gasteiger partial charge in [0.2, 0.25) is 5.91 Å². The van der Waals surface area contributed by atoms with Crippen LogP contribution in [0.15, 0.2) is 36.4 Å². The number of hydrogen-bond acceptors (Lipinski definition) is 3. The summed E-state index contributed by atoms with van der Waals surface area (Å²) in [5.74, 6) is -4.00. The van der Waals surface area contributed by atoms with Crippen LogP contribution in [0.2, 0.25) is 5.02 Å². The number of nitrogens with one attached hydrogen (secondary N) is 2. The molecule has 1 aliphatic rings. The molecule has 1 saturated carbocycles. The Morgan fingerprint density at radius 2 is 1.75 bits per heavy atom. The summed E-state index contributed by atoms with van der Waals surface area (Å²) in [6.07, 6.45) is -4.36. The molecule has 0 bridgehead atoms. The third-order valence-electron chi connectivity index (χ3n) is 5.09. The molecule has 6 nitrogen and oxygen atoms in total. The van der Waals surface area contributed by atoms with Gasteiger partial charge < -0.3 is 15.7 Å². The summed E-state index contributed by atoms with van der Waals surface area (Å²) in [6, 6.07) is 4.79. The van der Waals surface area contributed by atoms with E-state index in [0.717, 1.165) is 0 Å². The molecule has 2 aromatic carbocycles. The first-order valence-corrected chi connectivity index (χ1v) is 9.74. The lowest BCUT2D eigenvalue weighted by Gasteiger charge is -2.22. The fraction of sp³-hybridized carbons (Fsp3) is 0.286. The molecule has 0 heterocycles. The van der Waals surface area contributed by atoms with Crippen molar-refractivity contribution in [3.63, 3.8) is 0 Å². The van der Waals surface area contributed by atoms with Crippen LogP contribution < -0.4 is 10.6 Å². The molecule has 0 unspecified atom stereocenters. The molecule has 3 rings (SSSR count). The molecule has 170 valence electrons. The maximum absolute atomic E-state index is 13.6. The second-order valence-corrected chi connectivity index (χ2v) is 7.91. The zero-order valence-electron chi connectivity index (χ0n) is 16.5. The molecule has 0 aromatic heterocycles. The summed E-state index contributed by atoms with van der Waals surface area (Å²) in [5, 5.41) is 14.2. The molecule has 11 heteroatoms. The summed E-state index contributed by atoms with van der Waals surface area (Å²) in [4.78, 5) is 36.2. The van der Waals surface area contributed by atoms with Gasteiger partial charge in [-0.1, -0.05) is 17.7 Å². The third-order valence-corrected chi connectivity index (χ3v) is 5.41. The average Bonchev–Trinajstić information content (AvgIpc) is 3.47. The van der Waals surface area contributed by atoms with Gasteiger partial charge in [0.1, 0.15) is 11.4 Å². The number of carbonyl (C=O) groups is 3. The number of benzene rings is 2. The minimum Gasteiger partial charge on any atom is -0.478 e. The van der Waals surface area contributed by atoms with E-state index >= 15 is 0 Å². The Morgan fingerprint density at radius 1 is 1.09 bits per heavy atom. The normalized spacial score (nSPS) is 15.6. The van der Waals surface area contributed by atoms with E-state index in [1.807, 2.05) is 0 Å².